The van der Waals surface area contributed by atoms with Gasteiger partial charge in [-0.25, -0.2) is 4.39 Å². The van der Waals surface area contributed by atoms with Gasteiger partial charge in [0.1, 0.15) is 18.2 Å². The van der Waals surface area contributed by atoms with Crippen molar-refractivity contribution in [3.8, 4) is 5.75 Å². The fourth-order valence-corrected chi connectivity index (χ4v) is 4.36. The summed E-state index contributed by atoms with van der Waals surface area (Å²) in [5, 5.41) is 0. The van der Waals surface area contributed by atoms with E-state index in [9.17, 15) is 9.18 Å². The highest BCUT2D eigenvalue weighted by atomic mass is 32.2. The molecule has 3 aromatic rings. The van der Waals surface area contributed by atoms with Gasteiger partial charge >= 0.3 is 0 Å². The molecule has 0 radical (unpaired) electrons. The molecule has 1 aliphatic rings. The summed E-state index contributed by atoms with van der Waals surface area (Å²) < 4.78 is 19.5. The third-order valence-electron chi connectivity index (χ3n) is 4.57. The van der Waals surface area contributed by atoms with Crippen molar-refractivity contribution in [2.24, 2.45) is 0 Å². The second-order valence-electron chi connectivity index (χ2n) is 6.81. The van der Waals surface area contributed by atoms with Crippen LogP contribution < -0.4 is 9.64 Å². The average Bonchev–Trinajstić information content (AvgIpc) is 3.01. The van der Waals surface area contributed by atoms with Gasteiger partial charge in [0.25, 0.3) is 5.91 Å². The number of ether oxygens (including phenoxy) is 1. The summed E-state index contributed by atoms with van der Waals surface area (Å²) in [6.45, 7) is 2.28. The highest BCUT2D eigenvalue weighted by Gasteiger charge is 2.33. The number of para-hydroxylation sites is 1. The first kappa shape index (κ1) is 20.3. The molecule has 150 valence electrons. The summed E-state index contributed by atoms with van der Waals surface area (Å²) in [4.78, 5) is 15.1. The molecule has 1 aliphatic heterocycles. The lowest BCUT2D eigenvalue weighted by atomic mass is 10.1. The zero-order valence-corrected chi connectivity index (χ0v) is 17.8. The number of halogens is 1. The number of thiocarbonyl (C=S) groups is 1. The predicted molar refractivity (Wildman–Crippen MR) is 124 cm³/mol. The SMILES string of the molecule is Cc1cccc(N2C(=O)/C(=C/c3ccccc3OCc3ccc(F)cc3)SC2=S)c1. The summed E-state index contributed by atoms with van der Waals surface area (Å²) >= 11 is 6.73. The first-order valence-electron chi connectivity index (χ1n) is 9.32. The smallest absolute Gasteiger partial charge is 0.270 e. The normalized spacial score (nSPS) is 15.1. The lowest BCUT2D eigenvalue weighted by Gasteiger charge is -2.15. The lowest BCUT2D eigenvalue weighted by Crippen LogP contribution is -2.27. The second-order valence-corrected chi connectivity index (χ2v) is 8.48. The van der Waals surface area contributed by atoms with E-state index in [0.717, 1.165) is 22.4 Å². The Morgan fingerprint density at radius 3 is 2.60 bits per heavy atom. The van der Waals surface area contributed by atoms with Crippen molar-refractivity contribution in [1.82, 2.24) is 0 Å². The molecule has 0 spiro atoms. The van der Waals surface area contributed by atoms with Crippen LogP contribution in [0.2, 0.25) is 0 Å². The van der Waals surface area contributed by atoms with Crippen LogP contribution in [0.3, 0.4) is 0 Å². The standard InChI is InChI=1S/C24H18FNO2S2/c1-16-5-4-7-20(13-16)26-23(27)22(30-24(26)29)14-18-6-2-3-8-21(18)28-15-17-9-11-19(25)12-10-17/h2-14H,15H2,1H3/b22-14-. The highest BCUT2D eigenvalue weighted by molar-refractivity contribution is 8.27. The number of benzene rings is 3. The number of nitrogens with zero attached hydrogens (tertiary/aromatic N) is 1. The number of thioether (sulfide) groups is 1. The average molecular weight is 436 g/mol. The van der Waals surface area contributed by atoms with Crippen LogP contribution in [-0.2, 0) is 11.4 Å². The third kappa shape index (κ3) is 4.45. The maximum atomic E-state index is 13.1. The Labute approximate surface area is 184 Å². The van der Waals surface area contributed by atoms with E-state index in [1.165, 1.54) is 23.9 Å². The van der Waals surface area contributed by atoms with E-state index in [1.54, 1.807) is 23.1 Å². The van der Waals surface area contributed by atoms with E-state index in [1.807, 2.05) is 55.5 Å². The molecule has 0 aliphatic carbocycles. The number of amides is 1. The van der Waals surface area contributed by atoms with Gasteiger partial charge in [0.15, 0.2) is 4.32 Å². The molecule has 0 unspecified atom stereocenters. The largest absolute Gasteiger partial charge is 0.488 e. The van der Waals surface area contributed by atoms with Crippen molar-refractivity contribution in [3.63, 3.8) is 0 Å². The van der Waals surface area contributed by atoms with Crippen LogP contribution in [0.5, 0.6) is 5.75 Å². The molecule has 1 heterocycles. The number of carbonyl (C=O) groups excluding carboxylic acids is 1. The fraction of sp³-hybridized carbons (Fsp3) is 0.0833. The molecular formula is C24H18FNO2S2. The monoisotopic (exact) mass is 435 g/mol. The molecule has 0 N–H and O–H groups in total. The van der Waals surface area contributed by atoms with E-state index in [4.69, 9.17) is 17.0 Å². The van der Waals surface area contributed by atoms with E-state index >= 15 is 0 Å². The van der Waals surface area contributed by atoms with Gasteiger partial charge in [0.2, 0.25) is 0 Å². The Morgan fingerprint density at radius 1 is 1.07 bits per heavy atom. The Morgan fingerprint density at radius 2 is 1.83 bits per heavy atom. The Kier molecular flexibility index (Phi) is 5.97. The maximum Gasteiger partial charge on any atom is 0.270 e. The number of carbonyl (C=O) groups is 1. The number of rotatable bonds is 5. The molecule has 0 aromatic heterocycles. The van der Waals surface area contributed by atoms with Gasteiger partial charge in [-0.05, 0) is 54.5 Å². The zero-order chi connectivity index (χ0) is 21.1. The molecule has 1 fully saturated rings. The van der Waals surface area contributed by atoms with E-state index in [-0.39, 0.29) is 11.7 Å². The fourth-order valence-electron chi connectivity index (χ4n) is 3.07. The van der Waals surface area contributed by atoms with Crippen molar-refractivity contribution < 1.29 is 13.9 Å². The number of anilines is 1. The van der Waals surface area contributed by atoms with Gasteiger partial charge in [-0.15, -0.1) is 0 Å². The molecule has 0 bridgehead atoms. The summed E-state index contributed by atoms with van der Waals surface area (Å²) in [6, 6.07) is 21.4. The van der Waals surface area contributed by atoms with Gasteiger partial charge in [0.05, 0.1) is 10.6 Å². The molecule has 4 rings (SSSR count). The van der Waals surface area contributed by atoms with Gasteiger partial charge in [0, 0.05) is 5.56 Å². The summed E-state index contributed by atoms with van der Waals surface area (Å²) in [5.41, 5.74) is 3.47. The first-order valence-corrected chi connectivity index (χ1v) is 10.5. The van der Waals surface area contributed by atoms with Gasteiger partial charge in [-0.3, -0.25) is 9.69 Å². The van der Waals surface area contributed by atoms with Crippen LogP contribution in [0.4, 0.5) is 10.1 Å². The van der Waals surface area contributed by atoms with Gasteiger partial charge < -0.3 is 4.74 Å². The molecule has 0 atom stereocenters. The number of hydrogen-bond acceptors (Lipinski definition) is 4. The van der Waals surface area contributed by atoms with Gasteiger partial charge in [-0.2, -0.15) is 0 Å². The molecule has 1 saturated heterocycles. The Bertz CT molecular complexity index is 1140. The zero-order valence-electron chi connectivity index (χ0n) is 16.2. The molecule has 30 heavy (non-hydrogen) atoms. The van der Waals surface area contributed by atoms with E-state index in [2.05, 4.69) is 0 Å². The minimum absolute atomic E-state index is 0.149. The van der Waals surface area contributed by atoms with Crippen LogP contribution in [0, 0.1) is 12.7 Å². The van der Waals surface area contributed by atoms with E-state index in [0.29, 0.717) is 21.6 Å². The summed E-state index contributed by atoms with van der Waals surface area (Å²) in [7, 11) is 0. The molecule has 3 nitrogen and oxygen atoms in total. The summed E-state index contributed by atoms with van der Waals surface area (Å²) in [5.74, 6) is 0.210. The quantitative estimate of drug-likeness (QED) is 0.357. The molecule has 6 heteroatoms. The first-order chi connectivity index (χ1) is 14.5. The van der Waals surface area contributed by atoms with Crippen molar-refractivity contribution in [1.29, 1.82) is 0 Å². The summed E-state index contributed by atoms with van der Waals surface area (Å²) in [6.07, 6.45) is 1.80. The highest BCUT2D eigenvalue weighted by Crippen LogP contribution is 2.37. The Hall–Kier alpha value is -2.96. The van der Waals surface area contributed by atoms with E-state index < -0.39 is 0 Å². The van der Waals surface area contributed by atoms with Crippen molar-refractivity contribution in [2.45, 2.75) is 13.5 Å². The van der Waals surface area contributed by atoms with Crippen molar-refractivity contribution >= 4 is 46.0 Å². The van der Waals surface area contributed by atoms with Crippen LogP contribution >= 0.6 is 24.0 Å². The van der Waals surface area contributed by atoms with Gasteiger partial charge in [-0.1, -0.05) is 66.4 Å². The minimum Gasteiger partial charge on any atom is -0.488 e. The lowest BCUT2D eigenvalue weighted by molar-refractivity contribution is -0.113. The number of aryl methyl sites for hydroxylation is 1. The van der Waals surface area contributed by atoms with Crippen LogP contribution in [0.25, 0.3) is 6.08 Å². The third-order valence-corrected chi connectivity index (χ3v) is 5.87. The Balaban J connectivity index is 1.57. The van der Waals surface area contributed by atoms with Crippen LogP contribution in [0.15, 0.2) is 77.7 Å². The predicted octanol–water partition coefficient (Wildman–Crippen LogP) is 6.12. The molecule has 3 aromatic carbocycles. The topological polar surface area (TPSA) is 29.5 Å². The minimum atomic E-state index is -0.283. The maximum absolute atomic E-state index is 13.1. The van der Waals surface area contributed by atoms with Crippen LogP contribution in [-0.4, -0.2) is 10.2 Å². The number of hydrogen-bond donors (Lipinski definition) is 0. The van der Waals surface area contributed by atoms with Crippen LogP contribution in [0.1, 0.15) is 16.7 Å². The van der Waals surface area contributed by atoms with Crippen molar-refractivity contribution in [2.75, 3.05) is 4.90 Å². The molecule has 1 amide bonds. The van der Waals surface area contributed by atoms with Crippen molar-refractivity contribution in [3.05, 3.63) is 100 Å². The molecule has 0 saturated carbocycles. The molecular weight excluding hydrogens is 417 g/mol. The second kappa shape index (κ2) is 8.81.